The van der Waals surface area contributed by atoms with Crippen molar-refractivity contribution >= 4 is 11.6 Å². The van der Waals surface area contributed by atoms with Crippen LogP contribution in [-0.2, 0) is 4.79 Å². The van der Waals surface area contributed by atoms with E-state index in [0.29, 0.717) is 18.7 Å². The Hall–Kier alpha value is -1.75. The molecule has 0 radical (unpaired) electrons. The molecule has 1 unspecified atom stereocenters. The number of hydrogen-bond acceptors (Lipinski definition) is 4. The van der Waals surface area contributed by atoms with Crippen molar-refractivity contribution in [1.29, 1.82) is 0 Å². The molecule has 1 aliphatic heterocycles. The third kappa shape index (κ3) is 1.49. The molecule has 2 aromatic heterocycles. The van der Waals surface area contributed by atoms with Crippen LogP contribution in [0.3, 0.4) is 0 Å². The first-order chi connectivity index (χ1) is 7.84. The quantitative estimate of drug-likeness (QED) is 0.748. The number of nitrogens with one attached hydrogen (secondary N) is 1. The highest BCUT2D eigenvalue weighted by molar-refractivity contribution is 5.86. The van der Waals surface area contributed by atoms with Crippen molar-refractivity contribution in [1.82, 2.24) is 19.7 Å². The Kier molecular flexibility index (Phi) is 2.18. The number of carbonyl (C=O) groups excluding carboxylic acids is 1. The van der Waals surface area contributed by atoms with Gasteiger partial charge in [0.2, 0.25) is 5.78 Å². The summed E-state index contributed by atoms with van der Waals surface area (Å²) in [6, 6.07) is 1.89. The summed E-state index contributed by atoms with van der Waals surface area (Å²) in [6.45, 7) is 1.46. The highest BCUT2D eigenvalue weighted by Gasteiger charge is 2.24. The average molecular weight is 216 g/mol. The molecule has 1 N–H and O–H groups in total. The lowest BCUT2D eigenvalue weighted by atomic mass is 9.94. The number of hydrogen-bond donors (Lipinski definition) is 1. The minimum atomic E-state index is -0.115. The minimum Gasteiger partial charge on any atom is -0.315 e. The first-order valence-corrected chi connectivity index (χ1v) is 5.37. The van der Waals surface area contributed by atoms with Gasteiger partial charge in [-0.1, -0.05) is 0 Å². The molecule has 3 rings (SSSR count). The molecular weight excluding hydrogens is 204 g/mol. The lowest BCUT2D eigenvalue weighted by molar-refractivity contribution is -0.121. The molecule has 0 saturated carbocycles. The van der Waals surface area contributed by atoms with E-state index in [0.717, 1.165) is 12.2 Å². The third-order valence-corrected chi connectivity index (χ3v) is 2.93. The monoisotopic (exact) mass is 216 g/mol. The van der Waals surface area contributed by atoms with E-state index in [1.807, 2.05) is 22.9 Å². The van der Waals surface area contributed by atoms with Crippen LogP contribution in [0.25, 0.3) is 5.78 Å². The van der Waals surface area contributed by atoms with E-state index in [1.54, 1.807) is 6.20 Å². The maximum atomic E-state index is 11.8. The normalized spacial score (nSPS) is 21.5. The number of fused-ring (bicyclic) bond motifs is 1. The van der Waals surface area contributed by atoms with Gasteiger partial charge in [0.15, 0.2) is 0 Å². The van der Waals surface area contributed by atoms with Crippen molar-refractivity contribution in [3.63, 3.8) is 0 Å². The Morgan fingerprint density at radius 3 is 3.25 bits per heavy atom. The third-order valence-electron chi connectivity index (χ3n) is 2.93. The molecule has 3 heterocycles. The summed E-state index contributed by atoms with van der Waals surface area (Å²) in [7, 11) is 0. The van der Waals surface area contributed by atoms with Gasteiger partial charge in [-0.3, -0.25) is 9.20 Å². The number of rotatable bonds is 1. The average Bonchev–Trinajstić information content (AvgIpc) is 2.76. The smallest absolute Gasteiger partial charge is 0.233 e. The van der Waals surface area contributed by atoms with Crippen molar-refractivity contribution in [2.45, 2.75) is 12.3 Å². The van der Waals surface area contributed by atoms with E-state index in [-0.39, 0.29) is 11.7 Å². The second-order valence-corrected chi connectivity index (χ2v) is 3.96. The van der Waals surface area contributed by atoms with E-state index in [2.05, 4.69) is 15.3 Å². The van der Waals surface area contributed by atoms with Gasteiger partial charge in [0.05, 0.1) is 11.6 Å². The Bertz CT molecular complexity index is 534. The molecule has 1 saturated heterocycles. The van der Waals surface area contributed by atoms with Crippen LogP contribution in [0, 0.1) is 0 Å². The highest BCUT2D eigenvalue weighted by Crippen LogP contribution is 2.18. The molecule has 0 amide bonds. The minimum absolute atomic E-state index is 0.115. The molecular formula is C11H12N4O. The van der Waals surface area contributed by atoms with E-state index < -0.39 is 0 Å². The fourth-order valence-electron chi connectivity index (χ4n) is 2.03. The second-order valence-electron chi connectivity index (χ2n) is 3.96. The van der Waals surface area contributed by atoms with Gasteiger partial charge in [0.1, 0.15) is 5.78 Å². The first kappa shape index (κ1) is 9.47. The Morgan fingerprint density at radius 2 is 2.38 bits per heavy atom. The summed E-state index contributed by atoms with van der Waals surface area (Å²) in [5, 5.41) is 3.22. The maximum absolute atomic E-state index is 11.8. The SMILES string of the molecule is O=C1CCNCC1c1ccn2ccnc2n1. The van der Waals surface area contributed by atoms with Crippen LogP contribution < -0.4 is 5.32 Å². The van der Waals surface area contributed by atoms with Crippen molar-refractivity contribution in [3.8, 4) is 0 Å². The summed E-state index contributed by atoms with van der Waals surface area (Å²) in [6.07, 6.45) is 6.03. The number of nitrogens with zero attached hydrogens (tertiary/aromatic N) is 3. The van der Waals surface area contributed by atoms with Crippen LogP contribution in [0.5, 0.6) is 0 Å². The topological polar surface area (TPSA) is 59.3 Å². The van der Waals surface area contributed by atoms with Gasteiger partial charge in [0.25, 0.3) is 0 Å². The predicted octanol–water partition coefficient (Wildman–Crippen LogP) is 0.375. The molecule has 1 aliphatic rings. The zero-order valence-electron chi connectivity index (χ0n) is 8.76. The van der Waals surface area contributed by atoms with Crippen molar-refractivity contribution < 1.29 is 4.79 Å². The van der Waals surface area contributed by atoms with Gasteiger partial charge in [-0.15, -0.1) is 0 Å². The molecule has 0 spiro atoms. The van der Waals surface area contributed by atoms with E-state index in [4.69, 9.17) is 0 Å². The first-order valence-electron chi connectivity index (χ1n) is 5.37. The lowest BCUT2D eigenvalue weighted by Gasteiger charge is -2.20. The van der Waals surface area contributed by atoms with Crippen LogP contribution >= 0.6 is 0 Å². The van der Waals surface area contributed by atoms with Crippen molar-refractivity contribution in [2.24, 2.45) is 0 Å². The second kappa shape index (κ2) is 3.68. The van der Waals surface area contributed by atoms with Crippen LogP contribution in [0.1, 0.15) is 18.0 Å². The van der Waals surface area contributed by atoms with Gasteiger partial charge < -0.3 is 5.32 Å². The van der Waals surface area contributed by atoms with Crippen LogP contribution in [0.4, 0.5) is 0 Å². The fraction of sp³-hybridized carbons (Fsp3) is 0.364. The summed E-state index contributed by atoms with van der Waals surface area (Å²) < 4.78 is 1.84. The zero-order chi connectivity index (χ0) is 11.0. The molecule has 16 heavy (non-hydrogen) atoms. The summed E-state index contributed by atoms with van der Waals surface area (Å²) in [5.74, 6) is 0.800. The fourth-order valence-corrected chi connectivity index (χ4v) is 2.03. The van der Waals surface area contributed by atoms with Gasteiger partial charge in [0, 0.05) is 38.1 Å². The number of ketones is 1. The van der Waals surface area contributed by atoms with Crippen LogP contribution in [0.15, 0.2) is 24.7 Å². The van der Waals surface area contributed by atoms with E-state index in [1.165, 1.54) is 0 Å². The number of imidazole rings is 1. The molecule has 5 nitrogen and oxygen atoms in total. The van der Waals surface area contributed by atoms with Gasteiger partial charge in [-0.25, -0.2) is 9.97 Å². The van der Waals surface area contributed by atoms with E-state index in [9.17, 15) is 4.79 Å². The molecule has 1 atom stereocenters. The number of piperidine rings is 1. The van der Waals surface area contributed by atoms with E-state index >= 15 is 0 Å². The molecule has 2 aromatic rings. The molecule has 0 aliphatic carbocycles. The number of carbonyl (C=O) groups is 1. The van der Waals surface area contributed by atoms with Crippen LogP contribution in [-0.4, -0.2) is 33.2 Å². The largest absolute Gasteiger partial charge is 0.315 e. The zero-order valence-corrected chi connectivity index (χ0v) is 8.76. The van der Waals surface area contributed by atoms with Gasteiger partial charge in [-0.05, 0) is 6.07 Å². The Morgan fingerprint density at radius 1 is 1.44 bits per heavy atom. The molecule has 1 fully saturated rings. The Balaban J connectivity index is 2.00. The van der Waals surface area contributed by atoms with Crippen LogP contribution in [0.2, 0.25) is 0 Å². The maximum Gasteiger partial charge on any atom is 0.233 e. The molecule has 0 aromatic carbocycles. The highest BCUT2D eigenvalue weighted by atomic mass is 16.1. The molecule has 82 valence electrons. The van der Waals surface area contributed by atoms with Crippen molar-refractivity contribution in [2.75, 3.05) is 13.1 Å². The summed E-state index contributed by atoms with van der Waals surface area (Å²) in [4.78, 5) is 20.3. The standard InChI is InChI=1S/C11H12N4O/c16-10-1-3-12-7-8(10)9-2-5-15-6-4-13-11(15)14-9/h2,4-6,8,12H,1,3,7H2. The molecule has 5 heteroatoms. The van der Waals surface area contributed by atoms with Gasteiger partial charge >= 0.3 is 0 Å². The predicted molar refractivity (Wildman–Crippen MR) is 58.2 cm³/mol. The Labute approximate surface area is 92.5 Å². The number of Topliss-reactive ketones (excluding diaryl/α,β-unsaturated/α-hetero) is 1. The summed E-state index contributed by atoms with van der Waals surface area (Å²) in [5.41, 5.74) is 0.816. The van der Waals surface area contributed by atoms with Crippen molar-refractivity contribution in [3.05, 3.63) is 30.4 Å². The lowest BCUT2D eigenvalue weighted by Crippen LogP contribution is -2.35. The summed E-state index contributed by atoms with van der Waals surface area (Å²) >= 11 is 0. The number of aromatic nitrogens is 3. The van der Waals surface area contributed by atoms with Gasteiger partial charge in [-0.2, -0.15) is 0 Å². The molecule has 0 bridgehead atoms.